The second-order valence-corrected chi connectivity index (χ2v) is 4.38. The van der Waals surface area contributed by atoms with E-state index in [9.17, 15) is 9.90 Å². The van der Waals surface area contributed by atoms with Crippen LogP contribution < -0.4 is 5.32 Å². The van der Waals surface area contributed by atoms with Crippen molar-refractivity contribution in [3.63, 3.8) is 0 Å². The van der Waals surface area contributed by atoms with Crippen LogP contribution in [0.1, 0.15) is 34.7 Å². The van der Waals surface area contributed by atoms with Crippen molar-refractivity contribution >= 4 is 5.91 Å². The maximum atomic E-state index is 12.0. The summed E-state index contributed by atoms with van der Waals surface area (Å²) in [5, 5.41) is 16.5. The van der Waals surface area contributed by atoms with Gasteiger partial charge in [0.25, 0.3) is 5.91 Å². The maximum absolute atomic E-state index is 12.0. The first-order chi connectivity index (χ1) is 9.00. The van der Waals surface area contributed by atoms with Gasteiger partial charge in [-0.15, -0.1) is 0 Å². The molecule has 6 nitrogen and oxygen atoms in total. The van der Waals surface area contributed by atoms with Gasteiger partial charge in [-0.05, 0) is 26.0 Å². The van der Waals surface area contributed by atoms with Gasteiger partial charge < -0.3 is 10.4 Å². The third-order valence-electron chi connectivity index (χ3n) is 3.09. The van der Waals surface area contributed by atoms with Crippen LogP contribution in [0.3, 0.4) is 0 Å². The van der Waals surface area contributed by atoms with E-state index in [1.54, 1.807) is 16.9 Å². The smallest absolute Gasteiger partial charge is 0.274 e. The molecule has 0 spiro atoms. The van der Waals surface area contributed by atoms with E-state index < -0.39 is 5.91 Å². The Hall–Kier alpha value is -2.37. The largest absolute Gasteiger partial charge is 0.505 e. The summed E-state index contributed by atoms with van der Waals surface area (Å²) >= 11 is 0. The molecule has 0 saturated heterocycles. The molecular formula is C13H16N4O2. The number of hydrogen-bond donors (Lipinski definition) is 2. The van der Waals surface area contributed by atoms with Crippen LogP contribution in [0.4, 0.5) is 0 Å². The lowest BCUT2D eigenvalue weighted by atomic mass is 10.1. The summed E-state index contributed by atoms with van der Waals surface area (Å²) < 4.78 is 1.75. The number of hydrogen-bond acceptors (Lipinski definition) is 4. The quantitative estimate of drug-likeness (QED) is 0.872. The van der Waals surface area contributed by atoms with Crippen LogP contribution in [0, 0.1) is 6.92 Å². The van der Waals surface area contributed by atoms with Crippen LogP contribution >= 0.6 is 0 Å². The Morgan fingerprint density at radius 2 is 2.26 bits per heavy atom. The molecule has 0 radical (unpaired) electrons. The molecule has 6 heteroatoms. The topological polar surface area (TPSA) is 80.0 Å². The predicted molar refractivity (Wildman–Crippen MR) is 69.7 cm³/mol. The lowest BCUT2D eigenvalue weighted by Gasteiger charge is -2.13. The molecule has 2 N–H and O–H groups in total. The molecule has 0 saturated carbocycles. The van der Waals surface area contributed by atoms with Gasteiger partial charge in [-0.3, -0.25) is 9.48 Å². The molecule has 100 valence electrons. The third-order valence-corrected chi connectivity index (χ3v) is 3.09. The van der Waals surface area contributed by atoms with Gasteiger partial charge in [0.05, 0.1) is 12.2 Å². The van der Waals surface area contributed by atoms with Crippen molar-refractivity contribution in [1.29, 1.82) is 0 Å². The average molecular weight is 260 g/mol. The first kappa shape index (κ1) is 13.1. The standard InChI is InChI=1S/C13H16N4O2/c1-8(10-7-15-17(3)9(10)2)16-13(19)12-11(18)5-4-6-14-12/h4-8,18H,1-3H3,(H,16,19). The first-order valence-electron chi connectivity index (χ1n) is 5.94. The van der Waals surface area contributed by atoms with Crippen molar-refractivity contribution in [2.24, 2.45) is 7.05 Å². The van der Waals surface area contributed by atoms with E-state index in [0.717, 1.165) is 11.3 Å². The number of aromatic nitrogens is 3. The zero-order valence-corrected chi connectivity index (χ0v) is 11.1. The molecule has 2 aromatic heterocycles. The second kappa shape index (κ2) is 5.09. The van der Waals surface area contributed by atoms with E-state index in [-0.39, 0.29) is 17.5 Å². The summed E-state index contributed by atoms with van der Waals surface area (Å²) in [5.74, 6) is -0.538. The molecule has 1 amide bonds. The van der Waals surface area contributed by atoms with Gasteiger partial charge >= 0.3 is 0 Å². The van der Waals surface area contributed by atoms with Crippen LogP contribution in [-0.4, -0.2) is 25.8 Å². The minimum absolute atomic E-state index is 0.0240. The lowest BCUT2D eigenvalue weighted by molar-refractivity contribution is 0.0932. The molecule has 1 unspecified atom stereocenters. The average Bonchev–Trinajstić information content (AvgIpc) is 2.70. The Bertz CT molecular complexity index is 606. The summed E-state index contributed by atoms with van der Waals surface area (Å²) in [5.41, 5.74) is 1.94. The normalized spacial score (nSPS) is 12.2. The van der Waals surface area contributed by atoms with Gasteiger partial charge in [-0.2, -0.15) is 5.10 Å². The summed E-state index contributed by atoms with van der Waals surface area (Å²) in [6.07, 6.45) is 3.19. The summed E-state index contributed by atoms with van der Waals surface area (Å²) in [6, 6.07) is 2.80. The Morgan fingerprint density at radius 3 is 2.84 bits per heavy atom. The minimum Gasteiger partial charge on any atom is -0.505 e. The maximum Gasteiger partial charge on any atom is 0.274 e. The van der Waals surface area contributed by atoms with Crippen LogP contribution in [0.15, 0.2) is 24.5 Å². The highest BCUT2D eigenvalue weighted by atomic mass is 16.3. The SMILES string of the molecule is Cc1c(C(C)NC(=O)c2ncccc2O)cnn1C. The summed E-state index contributed by atoms with van der Waals surface area (Å²) in [7, 11) is 1.85. The van der Waals surface area contributed by atoms with E-state index in [1.807, 2.05) is 20.9 Å². The number of nitrogens with one attached hydrogen (secondary N) is 1. The fourth-order valence-corrected chi connectivity index (χ4v) is 1.86. The Labute approximate surface area is 111 Å². The van der Waals surface area contributed by atoms with Gasteiger partial charge in [-0.1, -0.05) is 0 Å². The van der Waals surface area contributed by atoms with Crippen molar-refractivity contribution in [1.82, 2.24) is 20.1 Å². The molecule has 19 heavy (non-hydrogen) atoms. The van der Waals surface area contributed by atoms with Gasteiger partial charge in [-0.25, -0.2) is 4.98 Å². The molecule has 1 atom stereocenters. The molecule has 0 fully saturated rings. The van der Waals surface area contributed by atoms with Crippen LogP contribution in [0.5, 0.6) is 5.75 Å². The van der Waals surface area contributed by atoms with Crippen LogP contribution in [0.2, 0.25) is 0 Å². The number of amides is 1. The van der Waals surface area contributed by atoms with E-state index >= 15 is 0 Å². The second-order valence-electron chi connectivity index (χ2n) is 4.38. The zero-order chi connectivity index (χ0) is 14.0. The van der Waals surface area contributed by atoms with Gasteiger partial charge in [0.1, 0.15) is 5.75 Å². The number of rotatable bonds is 3. The highest BCUT2D eigenvalue weighted by molar-refractivity contribution is 5.94. The van der Waals surface area contributed by atoms with Gasteiger partial charge in [0, 0.05) is 24.5 Å². The van der Waals surface area contributed by atoms with Gasteiger partial charge in [0.15, 0.2) is 5.69 Å². The number of carbonyl (C=O) groups excluding carboxylic acids is 1. The number of aromatic hydroxyl groups is 1. The van der Waals surface area contributed by atoms with Crippen molar-refractivity contribution in [2.75, 3.05) is 0 Å². The van der Waals surface area contributed by atoms with Crippen molar-refractivity contribution in [3.8, 4) is 5.75 Å². The lowest BCUT2D eigenvalue weighted by Crippen LogP contribution is -2.27. The Balaban J connectivity index is 2.16. The molecule has 0 aliphatic heterocycles. The molecule has 0 aliphatic carbocycles. The van der Waals surface area contributed by atoms with Crippen LogP contribution in [0.25, 0.3) is 0 Å². The molecular weight excluding hydrogens is 244 g/mol. The van der Waals surface area contributed by atoms with E-state index in [1.165, 1.54) is 12.3 Å². The minimum atomic E-state index is -0.408. The summed E-state index contributed by atoms with van der Waals surface area (Å²) in [4.78, 5) is 15.9. The molecule has 0 aromatic carbocycles. The van der Waals surface area contributed by atoms with Crippen LogP contribution in [-0.2, 0) is 7.05 Å². The third kappa shape index (κ3) is 2.57. The van der Waals surface area contributed by atoms with Crippen molar-refractivity contribution < 1.29 is 9.90 Å². The van der Waals surface area contributed by atoms with Gasteiger partial charge in [0.2, 0.25) is 0 Å². The number of aryl methyl sites for hydroxylation is 1. The highest BCUT2D eigenvalue weighted by Gasteiger charge is 2.18. The molecule has 2 aromatic rings. The number of pyridine rings is 1. The van der Waals surface area contributed by atoms with E-state index in [4.69, 9.17) is 0 Å². The Kier molecular flexibility index (Phi) is 3.50. The first-order valence-corrected chi connectivity index (χ1v) is 5.94. The van der Waals surface area contributed by atoms with E-state index in [2.05, 4.69) is 15.4 Å². The molecule has 2 heterocycles. The summed E-state index contributed by atoms with van der Waals surface area (Å²) in [6.45, 7) is 3.80. The fraction of sp³-hybridized carbons (Fsp3) is 0.308. The Morgan fingerprint density at radius 1 is 1.53 bits per heavy atom. The molecule has 0 aliphatic rings. The van der Waals surface area contributed by atoms with E-state index in [0.29, 0.717) is 0 Å². The zero-order valence-electron chi connectivity index (χ0n) is 11.1. The fourth-order valence-electron chi connectivity index (χ4n) is 1.86. The number of carbonyl (C=O) groups is 1. The van der Waals surface area contributed by atoms with Crippen molar-refractivity contribution in [2.45, 2.75) is 19.9 Å². The highest BCUT2D eigenvalue weighted by Crippen LogP contribution is 2.18. The molecule has 2 rings (SSSR count). The predicted octanol–water partition coefficient (Wildman–Crippen LogP) is 1.32. The monoisotopic (exact) mass is 260 g/mol. The van der Waals surface area contributed by atoms with Crippen molar-refractivity contribution in [3.05, 3.63) is 41.5 Å². The number of nitrogens with zero attached hydrogens (tertiary/aromatic N) is 3. The molecule has 0 bridgehead atoms.